The second kappa shape index (κ2) is 5.81. The number of hydrogen-bond acceptors (Lipinski definition) is 5. The van der Waals surface area contributed by atoms with Crippen LogP contribution in [0.2, 0.25) is 0 Å². The topological polar surface area (TPSA) is 69.4 Å². The first-order chi connectivity index (χ1) is 9.04. The molecule has 6 heteroatoms. The Morgan fingerprint density at radius 3 is 3.00 bits per heavy atom. The quantitative estimate of drug-likeness (QED) is 0.792. The lowest BCUT2D eigenvalue weighted by atomic mass is 10.0. The highest BCUT2D eigenvalue weighted by molar-refractivity contribution is 7.80. The third-order valence-electron chi connectivity index (χ3n) is 3.33. The fourth-order valence-electron chi connectivity index (χ4n) is 2.11. The van der Waals surface area contributed by atoms with Crippen LogP contribution >= 0.6 is 12.2 Å². The van der Waals surface area contributed by atoms with Crippen molar-refractivity contribution in [1.29, 1.82) is 0 Å². The zero-order valence-electron chi connectivity index (χ0n) is 11.2. The first-order valence-electron chi connectivity index (χ1n) is 6.20. The Kier molecular flexibility index (Phi) is 4.34. The predicted molar refractivity (Wildman–Crippen MR) is 78.5 cm³/mol. The van der Waals surface area contributed by atoms with Crippen molar-refractivity contribution in [1.82, 2.24) is 4.98 Å². The first-order valence-corrected chi connectivity index (χ1v) is 6.61. The van der Waals surface area contributed by atoms with E-state index in [0.29, 0.717) is 18.1 Å². The standard InChI is InChI=1S/C13H19N3O2S/c1-9-5-10(12(14)19)6-11(16-9)15-7-13(17-2)3-4-18-8-13/h5-6H,3-4,7-8H2,1-2H3,(H2,14,19)(H,15,16). The van der Waals surface area contributed by atoms with Gasteiger partial charge in [-0.1, -0.05) is 12.2 Å². The van der Waals surface area contributed by atoms with E-state index in [9.17, 15) is 0 Å². The SMILES string of the molecule is COC1(CNc2cc(C(N)=S)cc(C)n2)CCOC1. The Labute approximate surface area is 118 Å². The molecule has 1 aliphatic rings. The van der Waals surface area contributed by atoms with Crippen LogP contribution in [0, 0.1) is 6.92 Å². The molecule has 1 saturated heterocycles. The molecule has 19 heavy (non-hydrogen) atoms. The number of pyridine rings is 1. The van der Waals surface area contributed by atoms with Crippen LogP contribution in [0.4, 0.5) is 5.82 Å². The third-order valence-corrected chi connectivity index (χ3v) is 3.57. The summed E-state index contributed by atoms with van der Waals surface area (Å²) < 4.78 is 11.0. The van der Waals surface area contributed by atoms with Gasteiger partial charge in [-0.2, -0.15) is 0 Å². The molecule has 1 aromatic rings. The largest absolute Gasteiger partial charge is 0.389 e. The summed E-state index contributed by atoms with van der Waals surface area (Å²) in [5, 5.41) is 3.28. The lowest BCUT2D eigenvalue weighted by molar-refractivity contribution is -0.00625. The minimum atomic E-state index is -0.269. The second-order valence-corrected chi connectivity index (χ2v) is 5.23. The van der Waals surface area contributed by atoms with Gasteiger partial charge in [-0.3, -0.25) is 0 Å². The molecule has 2 rings (SSSR count). The number of aryl methyl sites for hydroxylation is 1. The van der Waals surface area contributed by atoms with E-state index in [1.807, 2.05) is 19.1 Å². The van der Waals surface area contributed by atoms with Gasteiger partial charge in [0.15, 0.2) is 0 Å². The van der Waals surface area contributed by atoms with Crippen LogP contribution < -0.4 is 11.1 Å². The third kappa shape index (κ3) is 3.40. The fourth-order valence-corrected chi connectivity index (χ4v) is 2.23. The number of anilines is 1. The van der Waals surface area contributed by atoms with Gasteiger partial charge in [-0.25, -0.2) is 4.98 Å². The van der Waals surface area contributed by atoms with Crippen LogP contribution in [-0.4, -0.2) is 42.4 Å². The van der Waals surface area contributed by atoms with Crippen molar-refractivity contribution in [3.05, 3.63) is 23.4 Å². The van der Waals surface area contributed by atoms with Crippen molar-refractivity contribution in [2.45, 2.75) is 18.9 Å². The molecule has 0 spiro atoms. The smallest absolute Gasteiger partial charge is 0.127 e. The zero-order valence-corrected chi connectivity index (χ0v) is 12.0. The summed E-state index contributed by atoms with van der Waals surface area (Å²) in [6.07, 6.45) is 0.879. The Morgan fingerprint density at radius 2 is 2.42 bits per heavy atom. The maximum atomic E-state index is 5.65. The molecule has 3 N–H and O–H groups in total. The fraction of sp³-hybridized carbons (Fsp3) is 0.538. The summed E-state index contributed by atoms with van der Waals surface area (Å²) in [6, 6.07) is 3.73. The number of nitrogens with one attached hydrogen (secondary N) is 1. The van der Waals surface area contributed by atoms with Gasteiger partial charge < -0.3 is 20.5 Å². The molecule has 0 saturated carbocycles. The average Bonchev–Trinajstić information content (AvgIpc) is 2.85. The number of ether oxygens (including phenoxy) is 2. The Balaban J connectivity index is 2.08. The minimum absolute atomic E-state index is 0.269. The van der Waals surface area contributed by atoms with Crippen molar-refractivity contribution < 1.29 is 9.47 Å². The molecular weight excluding hydrogens is 262 g/mol. The van der Waals surface area contributed by atoms with Gasteiger partial charge >= 0.3 is 0 Å². The molecule has 0 aromatic carbocycles. The van der Waals surface area contributed by atoms with E-state index >= 15 is 0 Å². The molecule has 1 aliphatic heterocycles. The van der Waals surface area contributed by atoms with Crippen LogP contribution in [0.25, 0.3) is 0 Å². The zero-order chi connectivity index (χ0) is 13.9. The highest BCUT2D eigenvalue weighted by Crippen LogP contribution is 2.23. The molecule has 1 aromatic heterocycles. The normalized spacial score (nSPS) is 22.4. The lowest BCUT2D eigenvalue weighted by Crippen LogP contribution is -2.39. The summed E-state index contributed by atoms with van der Waals surface area (Å²) in [4.78, 5) is 4.79. The summed E-state index contributed by atoms with van der Waals surface area (Å²) >= 11 is 4.99. The van der Waals surface area contributed by atoms with Crippen molar-refractivity contribution in [3.8, 4) is 0 Å². The molecule has 104 valence electrons. The van der Waals surface area contributed by atoms with E-state index in [1.54, 1.807) is 7.11 Å². The van der Waals surface area contributed by atoms with Gasteiger partial charge in [0.2, 0.25) is 0 Å². The summed E-state index contributed by atoms with van der Waals surface area (Å²) in [7, 11) is 1.71. The minimum Gasteiger partial charge on any atom is -0.389 e. The van der Waals surface area contributed by atoms with Gasteiger partial charge in [-0.05, 0) is 19.1 Å². The van der Waals surface area contributed by atoms with E-state index in [1.165, 1.54) is 0 Å². The molecule has 0 aliphatic carbocycles. The molecule has 5 nitrogen and oxygen atoms in total. The molecule has 1 atom stereocenters. The number of methoxy groups -OCH3 is 1. The summed E-state index contributed by atoms with van der Waals surface area (Å²) in [5.74, 6) is 0.756. The molecule has 0 radical (unpaired) electrons. The van der Waals surface area contributed by atoms with Crippen molar-refractivity contribution in [2.24, 2.45) is 5.73 Å². The number of nitrogens with two attached hydrogens (primary N) is 1. The Hall–Kier alpha value is -1.24. The van der Waals surface area contributed by atoms with E-state index in [0.717, 1.165) is 30.1 Å². The highest BCUT2D eigenvalue weighted by Gasteiger charge is 2.34. The Morgan fingerprint density at radius 1 is 1.63 bits per heavy atom. The van der Waals surface area contributed by atoms with E-state index in [2.05, 4.69) is 10.3 Å². The van der Waals surface area contributed by atoms with Crippen molar-refractivity contribution >= 4 is 23.0 Å². The van der Waals surface area contributed by atoms with Gasteiger partial charge in [0.1, 0.15) is 16.4 Å². The van der Waals surface area contributed by atoms with Crippen LogP contribution in [-0.2, 0) is 9.47 Å². The number of hydrogen-bond donors (Lipinski definition) is 2. The van der Waals surface area contributed by atoms with Crippen LogP contribution in [0.5, 0.6) is 0 Å². The summed E-state index contributed by atoms with van der Waals surface area (Å²) in [5.41, 5.74) is 7.08. The average molecular weight is 281 g/mol. The number of nitrogens with zero attached hydrogens (tertiary/aromatic N) is 1. The maximum absolute atomic E-state index is 5.65. The van der Waals surface area contributed by atoms with Crippen LogP contribution in [0.15, 0.2) is 12.1 Å². The second-order valence-electron chi connectivity index (χ2n) is 4.79. The number of aromatic nitrogens is 1. The first kappa shape index (κ1) is 14.2. The maximum Gasteiger partial charge on any atom is 0.127 e. The number of thiocarbonyl (C=S) groups is 1. The molecule has 1 unspecified atom stereocenters. The predicted octanol–water partition coefficient (Wildman–Crippen LogP) is 1.24. The van der Waals surface area contributed by atoms with E-state index < -0.39 is 0 Å². The highest BCUT2D eigenvalue weighted by atomic mass is 32.1. The summed E-state index contributed by atoms with van der Waals surface area (Å²) in [6.45, 7) is 3.90. The van der Waals surface area contributed by atoms with Gasteiger partial charge in [0.25, 0.3) is 0 Å². The molecule has 2 heterocycles. The lowest BCUT2D eigenvalue weighted by Gasteiger charge is -2.26. The van der Waals surface area contributed by atoms with E-state index in [4.69, 9.17) is 27.4 Å². The van der Waals surface area contributed by atoms with Gasteiger partial charge in [-0.15, -0.1) is 0 Å². The van der Waals surface area contributed by atoms with Crippen molar-refractivity contribution in [3.63, 3.8) is 0 Å². The van der Waals surface area contributed by atoms with Gasteiger partial charge in [0.05, 0.1) is 6.61 Å². The molecule has 1 fully saturated rings. The van der Waals surface area contributed by atoms with Crippen LogP contribution in [0.3, 0.4) is 0 Å². The monoisotopic (exact) mass is 281 g/mol. The molecular formula is C13H19N3O2S. The molecule has 0 amide bonds. The Bertz CT molecular complexity index is 473. The number of rotatable bonds is 5. The molecule has 0 bridgehead atoms. The van der Waals surface area contributed by atoms with Crippen LogP contribution in [0.1, 0.15) is 17.7 Å². The van der Waals surface area contributed by atoms with E-state index in [-0.39, 0.29) is 5.60 Å². The van der Waals surface area contributed by atoms with Gasteiger partial charge in [0, 0.05) is 37.9 Å². The van der Waals surface area contributed by atoms with Crippen molar-refractivity contribution in [2.75, 3.05) is 32.2 Å².